The molecule has 1 aliphatic heterocycles. The van der Waals surface area contributed by atoms with Gasteiger partial charge in [-0.1, -0.05) is 19.3 Å². The van der Waals surface area contributed by atoms with Crippen LogP contribution in [0.2, 0.25) is 0 Å². The Morgan fingerprint density at radius 2 is 2.05 bits per heavy atom. The SMILES string of the molecule is CCN(C(=O)CN1CCC(C)(O)C1)C1CCCCC1. The maximum Gasteiger partial charge on any atom is 0.236 e. The molecule has 1 N–H and O–H groups in total. The van der Waals surface area contributed by atoms with Crippen LogP contribution in [0, 0.1) is 0 Å². The molecule has 2 fully saturated rings. The molecular weight excluding hydrogens is 240 g/mol. The minimum absolute atomic E-state index is 0.243. The molecule has 1 amide bonds. The summed E-state index contributed by atoms with van der Waals surface area (Å²) in [5.41, 5.74) is -0.609. The molecular formula is C15H28N2O2. The van der Waals surface area contributed by atoms with Gasteiger partial charge in [0.25, 0.3) is 0 Å². The molecule has 1 unspecified atom stereocenters. The zero-order valence-electron chi connectivity index (χ0n) is 12.4. The van der Waals surface area contributed by atoms with E-state index in [-0.39, 0.29) is 5.91 Å². The lowest BCUT2D eigenvalue weighted by Gasteiger charge is -2.34. The number of likely N-dealkylation sites (N-methyl/N-ethyl adjacent to an activating group) is 1. The highest BCUT2D eigenvalue weighted by Crippen LogP contribution is 2.24. The van der Waals surface area contributed by atoms with Crippen LogP contribution in [-0.4, -0.2) is 58.6 Å². The number of carbonyl (C=O) groups is 1. The monoisotopic (exact) mass is 268 g/mol. The van der Waals surface area contributed by atoms with Crippen LogP contribution in [-0.2, 0) is 4.79 Å². The van der Waals surface area contributed by atoms with E-state index in [2.05, 4.69) is 16.7 Å². The molecule has 2 rings (SSSR count). The van der Waals surface area contributed by atoms with Crippen LogP contribution in [0.1, 0.15) is 52.4 Å². The van der Waals surface area contributed by atoms with E-state index in [1.54, 1.807) is 0 Å². The van der Waals surface area contributed by atoms with Gasteiger partial charge < -0.3 is 10.0 Å². The smallest absolute Gasteiger partial charge is 0.236 e. The second-order valence-corrected chi connectivity index (χ2v) is 6.43. The molecule has 19 heavy (non-hydrogen) atoms. The van der Waals surface area contributed by atoms with E-state index in [1.807, 2.05) is 6.92 Å². The topological polar surface area (TPSA) is 43.8 Å². The summed E-state index contributed by atoms with van der Waals surface area (Å²) in [7, 11) is 0. The minimum atomic E-state index is -0.609. The van der Waals surface area contributed by atoms with Crippen molar-refractivity contribution in [3.8, 4) is 0 Å². The zero-order valence-corrected chi connectivity index (χ0v) is 12.4. The second kappa shape index (κ2) is 6.23. The van der Waals surface area contributed by atoms with Gasteiger partial charge in [0.2, 0.25) is 5.91 Å². The first-order valence-electron chi connectivity index (χ1n) is 7.76. The molecule has 2 aliphatic rings. The summed E-state index contributed by atoms with van der Waals surface area (Å²) >= 11 is 0. The molecule has 1 saturated carbocycles. The maximum absolute atomic E-state index is 12.4. The van der Waals surface area contributed by atoms with Crippen molar-refractivity contribution < 1.29 is 9.90 Å². The predicted octanol–water partition coefficient (Wildman–Crippen LogP) is 1.62. The number of nitrogens with zero attached hydrogens (tertiary/aromatic N) is 2. The van der Waals surface area contributed by atoms with Crippen LogP contribution < -0.4 is 0 Å². The van der Waals surface area contributed by atoms with Gasteiger partial charge in [0, 0.05) is 25.7 Å². The van der Waals surface area contributed by atoms with Gasteiger partial charge in [-0.15, -0.1) is 0 Å². The van der Waals surface area contributed by atoms with Gasteiger partial charge in [-0.25, -0.2) is 0 Å². The first-order valence-corrected chi connectivity index (χ1v) is 7.76. The lowest BCUT2D eigenvalue weighted by molar-refractivity contribution is -0.135. The third-order valence-corrected chi connectivity index (χ3v) is 4.57. The minimum Gasteiger partial charge on any atom is -0.389 e. The van der Waals surface area contributed by atoms with Gasteiger partial charge in [0.1, 0.15) is 0 Å². The van der Waals surface area contributed by atoms with E-state index in [0.29, 0.717) is 19.1 Å². The number of rotatable bonds is 4. The van der Waals surface area contributed by atoms with Gasteiger partial charge >= 0.3 is 0 Å². The standard InChI is InChI=1S/C15H28N2O2/c1-3-17(13-7-5-4-6-8-13)14(18)11-16-10-9-15(2,19)12-16/h13,19H,3-12H2,1-2H3. The summed E-state index contributed by atoms with van der Waals surface area (Å²) in [5, 5.41) is 9.96. The number of hydrogen-bond donors (Lipinski definition) is 1. The van der Waals surface area contributed by atoms with Crippen molar-refractivity contribution in [2.24, 2.45) is 0 Å². The Morgan fingerprint density at radius 3 is 2.58 bits per heavy atom. The summed E-state index contributed by atoms with van der Waals surface area (Å²) in [6.45, 7) is 6.68. The van der Waals surface area contributed by atoms with Crippen LogP contribution in [0.3, 0.4) is 0 Å². The van der Waals surface area contributed by atoms with Crippen molar-refractivity contribution in [2.75, 3.05) is 26.2 Å². The summed E-state index contributed by atoms with van der Waals surface area (Å²) in [5.74, 6) is 0.243. The molecule has 4 nitrogen and oxygen atoms in total. The van der Waals surface area contributed by atoms with Gasteiger partial charge in [0.15, 0.2) is 0 Å². The van der Waals surface area contributed by atoms with Crippen LogP contribution in [0.5, 0.6) is 0 Å². The summed E-state index contributed by atoms with van der Waals surface area (Å²) in [4.78, 5) is 16.6. The van der Waals surface area contributed by atoms with Crippen LogP contribution in [0.25, 0.3) is 0 Å². The van der Waals surface area contributed by atoms with E-state index >= 15 is 0 Å². The molecule has 0 aromatic heterocycles. The molecule has 1 atom stereocenters. The Balaban J connectivity index is 1.86. The fourth-order valence-electron chi connectivity index (χ4n) is 3.49. The van der Waals surface area contributed by atoms with Crippen LogP contribution in [0.4, 0.5) is 0 Å². The third kappa shape index (κ3) is 3.93. The predicted molar refractivity (Wildman–Crippen MR) is 75.9 cm³/mol. The molecule has 0 radical (unpaired) electrons. The van der Waals surface area contributed by atoms with Gasteiger partial charge in [-0.3, -0.25) is 9.69 Å². The molecule has 0 aromatic rings. The van der Waals surface area contributed by atoms with Crippen molar-refractivity contribution in [3.05, 3.63) is 0 Å². The number of β-amino-alcohol motifs (C(OH)–C–C–N with tert-alkyl or cyclic N) is 1. The summed E-state index contributed by atoms with van der Waals surface area (Å²) < 4.78 is 0. The molecule has 4 heteroatoms. The molecule has 1 heterocycles. The highest BCUT2D eigenvalue weighted by molar-refractivity contribution is 5.78. The third-order valence-electron chi connectivity index (χ3n) is 4.57. The lowest BCUT2D eigenvalue weighted by Crippen LogP contribution is -2.46. The molecule has 0 bridgehead atoms. The largest absolute Gasteiger partial charge is 0.389 e. The van der Waals surface area contributed by atoms with E-state index < -0.39 is 5.60 Å². The Hall–Kier alpha value is -0.610. The Labute approximate surface area is 116 Å². The van der Waals surface area contributed by atoms with Crippen molar-refractivity contribution in [1.29, 1.82) is 0 Å². The van der Waals surface area contributed by atoms with Crippen molar-refractivity contribution in [1.82, 2.24) is 9.80 Å². The first-order chi connectivity index (χ1) is 9.02. The number of aliphatic hydroxyl groups is 1. The van der Waals surface area contributed by atoms with Gasteiger partial charge in [-0.05, 0) is 33.1 Å². The summed E-state index contributed by atoms with van der Waals surface area (Å²) in [6.07, 6.45) is 6.93. The zero-order chi connectivity index (χ0) is 13.9. The van der Waals surface area contributed by atoms with E-state index in [4.69, 9.17) is 0 Å². The molecule has 110 valence electrons. The Morgan fingerprint density at radius 1 is 1.37 bits per heavy atom. The van der Waals surface area contributed by atoms with E-state index in [9.17, 15) is 9.90 Å². The van der Waals surface area contributed by atoms with Gasteiger partial charge in [-0.2, -0.15) is 0 Å². The quantitative estimate of drug-likeness (QED) is 0.842. The highest BCUT2D eigenvalue weighted by Gasteiger charge is 2.33. The van der Waals surface area contributed by atoms with Gasteiger partial charge in [0.05, 0.1) is 12.1 Å². The normalized spacial score (nSPS) is 29.6. The Kier molecular flexibility index (Phi) is 4.85. The summed E-state index contributed by atoms with van der Waals surface area (Å²) in [6, 6.07) is 0.453. The molecule has 1 saturated heterocycles. The van der Waals surface area contributed by atoms with E-state index in [0.717, 1.165) is 32.4 Å². The average Bonchev–Trinajstić information content (AvgIpc) is 2.71. The number of amides is 1. The highest BCUT2D eigenvalue weighted by atomic mass is 16.3. The number of likely N-dealkylation sites (tertiary alicyclic amines) is 1. The van der Waals surface area contributed by atoms with E-state index in [1.165, 1.54) is 19.3 Å². The van der Waals surface area contributed by atoms with Crippen molar-refractivity contribution in [2.45, 2.75) is 64.0 Å². The van der Waals surface area contributed by atoms with Crippen molar-refractivity contribution in [3.63, 3.8) is 0 Å². The van der Waals surface area contributed by atoms with Crippen molar-refractivity contribution >= 4 is 5.91 Å². The lowest BCUT2D eigenvalue weighted by atomic mass is 9.94. The molecule has 0 aromatic carbocycles. The number of hydrogen-bond acceptors (Lipinski definition) is 3. The second-order valence-electron chi connectivity index (χ2n) is 6.43. The fraction of sp³-hybridized carbons (Fsp3) is 0.933. The van der Waals surface area contributed by atoms with Crippen LogP contribution in [0.15, 0.2) is 0 Å². The Bertz CT molecular complexity index is 311. The fourth-order valence-corrected chi connectivity index (χ4v) is 3.49. The molecule has 0 spiro atoms. The first kappa shape index (κ1) is 14.8. The average molecular weight is 268 g/mol. The maximum atomic E-state index is 12.4. The number of carbonyl (C=O) groups excluding carboxylic acids is 1. The molecule has 1 aliphatic carbocycles. The van der Waals surface area contributed by atoms with Crippen LogP contribution >= 0.6 is 0 Å².